The molecule has 0 aromatic heterocycles. The number of alkyl halides is 3. The van der Waals surface area contributed by atoms with Crippen molar-refractivity contribution < 1.29 is 18.0 Å². The molecule has 0 saturated carbocycles. The third kappa shape index (κ3) is 6.11. The Morgan fingerprint density at radius 3 is 2.52 bits per heavy atom. The average Bonchev–Trinajstić information content (AvgIpc) is 2.34. The lowest BCUT2D eigenvalue weighted by Gasteiger charge is -2.25. The van der Waals surface area contributed by atoms with Crippen LogP contribution in [0.15, 0.2) is 18.2 Å². The summed E-state index contributed by atoms with van der Waals surface area (Å²) in [5.74, 6) is -0.702. The molecule has 1 aromatic rings. The van der Waals surface area contributed by atoms with Gasteiger partial charge in [-0.1, -0.05) is 29.3 Å². The largest absolute Gasteiger partial charge is 0.405 e. The molecule has 0 heterocycles. The number of halogens is 5. The smallest absolute Gasteiger partial charge is 0.346 e. The summed E-state index contributed by atoms with van der Waals surface area (Å²) in [6, 6.07) is 4.72. The Labute approximate surface area is 131 Å². The fourth-order valence-electron chi connectivity index (χ4n) is 1.70. The molecule has 0 fully saturated rings. The topological polar surface area (TPSA) is 32.3 Å². The van der Waals surface area contributed by atoms with E-state index in [0.717, 1.165) is 5.56 Å². The van der Waals surface area contributed by atoms with Crippen LogP contribution in [0.3, 0.4) is 0 Å². The molecule has 0 aliphatic carbocycles. The number of likely N-dealkylation sites (N-methyl/N-ethyl adjacent to an activating group) is 1. The minimum atomic E-state index is -4.42. The van der Waals surface area contributed by atoms with Crippen LogP contribution in [0.2, 0.25) is 10.0 Å². The molecule has 0 aliphatic rings. The van der Waals surface area contributed by atoms with Crippen LogP contribution in [0.5, 0.6) is 0 Å². The van der Waals surface area contributed by atoms with Crippen LogP contribution in [-0.2, 0) is 4.79 Å². The van der Waals surface area contributed by atoms with Gasteiger partial charge in [0.1, 0.15) is 6.54 Å². The van der Waals surface area contributed by atoms with E-state index in [0.29, 0.717) is 10.0 Å². The van der Waals surface area contributed by atoms with Crippen molar-refractivity contribution in [3.8, 4) is 0 Å². The third-order valence-electron chi connectivity index (χ3n) is 2.95. The second-order valence-corrected chi connectivity index (χ2v) is 5.49. The van der Waals surface area contributed by atoms with Gasteiger partial charge >= 0.3 is 6.18 Å². The molecule has 0 spiro atoms. The number of carbonyl (C=O) groups is 1. The minimum absolute atomic E-state index is 0.170. The van der Waals surface area contributed by atoms with Crippen molar-refractivity contribution in [1.82, 2.24) is 10.2 Å². The third-order valence-corrected chi connectivity index (χ3v) is 3.52. The zero-order valence-electron chi connectivity index (χ0n) is 11.5. The first-order valence-corrected chi connectivity index (χ1v) is 6.84. The zero-order valence-corrected chi connectivity index (χ0v) is 13.0. The van der Waals surface area contributed by atoms with Crippen molar-refractivity contribution in [3.63, 3.8) is 0 Å². The lowest BCUT2D eigenvalue weighted by Crippen LogP contribution is -2.40. The molecule has 0 aliphatic heterocycles. The molecule has 1 amide bonds. The van der Waals surface area contributed by atoms with E-state index in [4.69, 9.17) is 23.2 Å². The highest BCUT2D eigenvalue weighted by atomic mass is 35.5. The van der Waals surface area contributed by atoms with E-state index < -0.39 is 18.6 Å². The molecule has 0 radical (unpaired) electrons. The molecular formula is C13H15Cl2F3N2O. The molecular weight excluding hydrogens is 328 g/mol. The summed E-state index contributed by atoms with van der Waals surface area (Å²) in [5, 5.41) is 2.75. The highest BCUT2D eigenvalue weighted by Crippen LogP contribution is 2.28. The first-order chi connectivity index (χ1) is 9.60. The van der Waals surface area contributed by atoms with Gasteiger partial charge in [-0.2, -0.15) is 13.2 Å². The fraction of sp³-hybridized carbons (Fsp3) is 0.462. The molecule has 1 unspecified atom stereocenters. The summed E-state index contributed by atoms with van der Waals surface area (Å²) in [6.07, 6.45) is -4.42. The number of hydrogen-bond donors (Lipinski definition) is 1. The summed E-state index contributed by atoms with van der Waals surface area (Å²) in [6.45, 7) is 0.290. The first kappa shape index (κ1) is 18.1. The lowest BCUT2D eigenvalue weighted by molar-refractivity contribution is -0.139. The molecule has 1 N–H and O–H groups in total. The van der Waals surface area contributed by atoms with E-state index in [1.54, 1.807) is 37.1 Å². The monoisotopic (exact) mass is 342 g/mol. The van der Waals surface area contributed by atoms with Crippen molar-refractivity contribution in [1.29, 1.82) is 0 Å². The van der Waals surface area contributed by atoms with Crippen LogP contribution in [0.25, 0.3) is 0 Å². The van der Waals surface area contributed by atoms with Crippen molar-refractivity contribution in [2.45, 2.75) is 19.1 Å². The molecule has 0 bridgehead atoms. The van der Waals surface area contributed by atoms with Gasteiger partial charge in [0, 0.05) is 16.1 Å². The van der Waals surface area contributed by atoms with Crippen LogP contribution in [0.4, 0.5) is 13.2 Å². The number of amides is 1. The quantitative estimate of drug-likeness (QED) is 0.885. The Hall–Kier alpha value is -0.980. The van der Waals surface area contributed by atoms with Gasteiger partial charge in [-0.25, -0.2) is 0 Å². The van der Waals surface area contributed by atoms with Gasteiger partial charge in [0.25, 0.3) is 0 Å². The SMILES string of the molecule is CC(c1ccc(Cl)cc1Cl)N(C)CC(=O)NCC(F)(F)F. The molecule has 1 aromatic carbocycles. The number of nitrogens with zero attached hydrogens (tertiary/aromatic N) is 1. The molecule has 3 nitrogen and oxygen atoms in total. The summed E-state index contributed by atoms with van der Waals surface area (Å²) >= 11 is 11.9. The van der Waals surface area contributed by atoms with E-state index in [1.807, 2.05) is 5.32 Å². The number of benzene rings is 1. The second-order valence-electron chi connectivity index (χ2n) is 4.65. The van der Waals surface area contributed by atoms with E-state index in [1.165, 1.54) is 0 Å². The number of rotatable bonds is 5. The maximum absolute atomic E-state index is 12.0. The zero-order chi connectivity index (χ0) is 16.2. The highest BCUT2D eigenvalue weighted by molar-refractivity contribution is 6.35. The standard InChI is InChI=1S/C13H15Cl2F3N2O/c1-8(10-4-3-9(14)5-11(10)15)20(2)6-12(21)19-7-13(16,17)18/h3-5,8H,6-7H2,1-2H3,(H,19,21). The number of nitrogens with one attached hydrogen (secondary N) is 1. The highest BCUT2D eigenvalue weighted by Gasteiger charge is 2.28. The van der Waals surface area contributed by atoms with Crippen molar-refractivity contribution in [2.24, 2.45) is 0 Å². The summed E-state index contributed by atoms with van der Waals surface area (Å²) in [7, 11) is 1.63. The fourth-order valence-corrected chi connectivity index (χ4v) is 2.26. The maximum atomic E-state index is 12.0. The molecule has 1 rings (SSSR count). The summed E-state index contributed by atoms with van der Waals surface area (Å²) in [4.78, 5) is 13.1. The minimum Gasteiger partial charge on any atom is -0.346 e. The predicted molar refractivity (Wildman–Crippen MR) is 76.6 cm³/mol. The van der Waals surface area contributed by atoms with Gasteiger partial charge in [0.2, 0.25) is 5.91 Å². The summed E-state index contributed by atoms with van der Waals surface area (Å²) < 4.78 is 36.0. The van der Waals surface area contributed by atoms with E-state index in [2.05, 4.69) is 0 Å². The predicted octanol–water partition coefficient (Wildman–Crippen LogP) is 3.66. The Bertz CT molecular complexity index is 509. The Balaban J connectivity index is 2.62. The average molecular weight is 343 g/mol. The van der Waals surface area contributed by atoms with Gasteiger partial charge in [-0.05, 0) is 31.7 Å². The van der Waals surface area contributed by atoms with Gasteiger partial charge in [0.05, 0.1) is 6.54 Å². The Morgan fingerprint density at radius 1 is 1.38 bits per heavy atom. The Kier molecular flexibility index (Phi) is 6.31. The molecule has 21 heavy (non-hydrogen) atoms. The maximum Gasteiger partial charge on any atom is 0.405 e. The number of carbonyl (C=O) groups excluding carboxylic acids is 1. The van der Waals surface area contributed by atoms with Crippen molar-refractivity contribution >= 4 is 29.1 Å². The summed E-state index contributed by atoms with van der Waals surface area (Å²) in [5.41, 5.74) is 0.743. The molecule has 118 valence electrons. The van der Waals surface area contributed by atoms with E-state index >= 15 is 0 Å². The Morgan fingerprint density at radius 2 is 2.00 bits per heavy atom. The number of hydrogen-bond acceptors (Lipinski definition) is 2. The van der Waals surface area contributed by atoms with Crippen LogP contribution < -0.4 is 5.32 Å². The van der Waals surface area contributed by atoms with Crippen LogP contribution in [-0.4, -0.2) is 37.1 Å². The van der Waals surface area contributed by atoms with Gasteiger partial charge < -0.3 is 5.32 Å². The molecule has 8 heteroatoms. The first-order valence-electron chi connectivity index (χ1n) is 6.09. The molecule has 1 atom stereocenters. The van der Waals surface area contributed by atoms with Gasteiger partial charge in [-0.3, -0.25) is 9.69 Å². The second kappa shape index (κ2) is 7.33. The lowest BCUT2D eigenvalue weighted by atomic mass is 10.1. The van der Waals surface area contributed by atoms with E-state index in [9.17, 15) is 18.0 Å². The van der Waals surface area contributed by atoms with Gasteiger partial charge in [0.15, 0.2) is 0 Å². The molecule has 0 saturated heterocycles. The van der Waals surface area contributed by atoms with Crippen molar-refractivity contribution in [2.75, 3.05) is 20.1 Å². The van der Waals surface area contributed by atoms with Crippen molar-refractivity contribution in [3.05, 3.63) is 33.8 Å². The van der Waals surface area contributed by atoms with E-state index in [-0.39, 0.29) is 12.6 Å². The van der Waals surface area contributed by atoms with Crippen LogP contribution in [0, 0.1) is 0 Å². The van der Waals surface area contributed by atoms with Crippen LogP contribution in [0.1, 0.15) is 18.5 Å². The van der Waals surface area contributed by atoms with Gasteiger partial charge in [-0.15, -0.1) is 0 Å². The van der Waals surface area contributed by atoms with Crippen LogP contribution >= 0.6 is 23.2 Å². The normalized spacial score (nSPS) is 13.3.